The first kappa shape index (κ1) is 10.9. The Balaban J connectivity index is 2.45. The number of ether oxygens (including phenoxy) is 1. The second-order valence-electron chi connectivity index (χ2n) is 3.40. The largest absolute Gasteiger partial charge is 0.482 e. The average molecular weight is 241 g/mol. The van der Waals surface area contributed by atoms with Crippen molar-refractivity contribution in [1.82, 2.24) is 0 Å². The smallest absolute Gasteiger partial charge is 0.262 e. The van der Waals surface area contributed by atoms with E-state index in [9.17, 15) is 13.2 Å². The molecule has 1 aliphatic heterocycles. The number of anilines is 1. The Bertz CT molecular complexity index is 536. The monoisotopic (exact) mass is 241 g/mol. The Morgan fingerprint density at radius 3 is 2.88 bits per heavy atom. The van der Waals surface area contributed by atoms with Gasteiger partial charge in [0, 0.05) is 6.07 Å². The minimum Gasteiger partial charge on any atom is -0.482 e. The van der Waals surface area contributed by atoms with Gasteiger partial charge in [0.05, 0.1) is 16.3 Å². The van der Waals surface area contributed by atoms with E-state index in [0.29, 0.717) is 11.4 Å². The maximum Gasteiger partial charge on any atom is 0.262 e. The molecular formula is C10H11NO4S. The normalized spacial score (nSPS) is 14.9. The maximum absolute atomic E-state index is 11.6. The van der Waals surface area contributed by atoms with E-state index in [1.807, 2.05) is 0 Å². The molecule has 6 heteroatoms. The van der Waals surface area contributed by atoms with Crippen LogP contribution >= 0.6 is 0 Å². The summed E-state index contributed by atoms with van der Waals surface area (Å²) in [7, 11) is -3.24. The summed E-state index contributed by atoms with van der Waals surface area (Å²) in [5.74, 6) is 0.200. The second-order valence-corrected chi connectivity index (χ2v) is 5.68. The van der Waals surface area contributed by atoms with Crippen molar-refractivity contribution in [3.8, 4) is 5.75 Å². The summed E-state index contributed by atoms with van der Waals surface area (Å²) >= 11 is 0. The van der Waals surface area contributed by atoms with Crippen molar-refractivity contribution < 1.29 is 17.9 Å². The topological polar surface area (TPSA) is 72.5 Å². The fourth-order valence-electron chi connectivity index (χ4n) is 1.42. The number of nitrogens with one attached hydrogen (secondary N) is 1. The van der Waals surface area contributed by atoms with Crippen LogP contribution in [0.25, 0.3) is 0 Å². The highest BCUT2D eigenvalue weighted by atomic mass is 32.2. The molecule has 0 saturated carbocycles. The molecule has 86 valence electrons. The summed E-state index contributed by atoms with van der Waals surface area (Å²) in [4.78, 5) is 11.2. The van der Waals surface area contributed by atoms with E-state index >= 15 is 0 Å². The molecular weight excluding hydrogens is 230 g/mol. The molecule has 0 atom stereocenters. The van der Waals surface area contributed by atoms with Crippen LogP contribution in [0.5, 0.6) is 5.75 Å². The fourth-order valence-corrected chi connectivity index (χ4v) is 2.31. The summed E-state index contributed by atoms with van der Waals surface area (Å²) in [5, 5.41) is 2.60. The van der Waals surface area contributed by atoms with Gasteiger partial charge in [-0.15, -0.1) is 0 Å². The van der Waals surface area contributed by atoms with E-state index in [4.69, 9.17) is 4.74 Å². The van der Waals surface area contributed by atoms with Gasteiger partial charge in [0.2, 0.25) is 0 Å². The lowest BCUT2D eigenvalue weighted by molar-refractivity contribution is -0.118. The SMILES string of the molecule is CCS(=O)(=O)c1ccc2c(c1)OCC(=O)N2. The molecule has 0 spiro atoms. The number of rotatable bonds is 2. The quantitative estimate of drug-likeness (QED) is 0.831. The molecule has 2 rings (SSSR count). The van der Waals surface area contributed by atoms with Gasteiger partial charge >= 0.3 is 0 Å². The lowest BCUT2D eigenvalue weighted by Crippen LogP contribution is -2.25. The van der Waals surface area contributed by atoms with Gasteiger partial charge in [-0.3, -0.25) is 4.79 Å². The van der Waals surface area contributed by atoms with E-state index < -0.39 is 9.84 Å². The Labute approximate surface area is 93.3 Å². The van der Waals surface area contributed by atoms with Crippen molar-refractivity contribution in [2.24, 2.45) is 0 Å². The Morgan fingerprint density at radius 2 is 2.19 bits per heavy atom. The zero-order chi connectivity index (χ0) is 11.8. The summed E-state index contributed by atoms with van der Waals surface area (Å²) in [6, 6.07) is 4.44. The van der Waals surface area contributed by atoms with Gasteiger partial charge in [0.1, 0.15) is 5.75 Å². The molecule has 1 N–H and O–H groups in total. The van der Waals surface area contributed by atoms with Crippen molar-refractivity contribution in [3.63, 3.8) is 0 Å². The van der Waals surface area contributed by atoms with Crippen LogP contribution < -0.4 is 10.1 Å². The molecule has 1 aliphatic rings. The van der Waals surface area contributed by atoms with E-state index in [1.54, 1.807) is 6.92 Å². The number of amides is 1. The highest BCUT2D eigenvalue weighted by molar-refractivity contribution is 7.91. The molecule has 5 nitrogen and oxygen atoms in total. The molecule has 0 aliphatic carbocycles. The number of benzene rings is 1. The molecule has 0 saturated heterocycles. The fraction of sp³-hybridized carbons (Fsp3) is 0.300. The van der Waals surface area contributed by atoms with Crippen molar-refractivity contribution >= 4 is 21.4 Å². The number of hydrogen-bond donors (Lipinski definition) is 1. The van der Waals surface area contributed by atoms with Gasteiger partial charge < -0.3 is 10.1 Å². The average Bonchev–Trinajstić information content (AvgIpc) is 2.28. The van der Waals surface area contributed by atoms with Crippen LogP contribution in [0.15, 0.2) is 23.1 Å². The first-order valence-electron chi connectivity index (χ1n) is 4.82. The number of carbonyl (C=O) groups is 1. The number of sulfone groups is 1. The zero-order valence-electron chi connectivity index (χ0n) is 8.69. The lowest BCUT2D eigenvalue weighted by Gasteiger charge is -2.18. The minimum atomic E-state index is -3.24. The first-order valence-corrected chi connectivity index (χ1v) is 6.47. The Kier molecular flexibility index (Phi) is 2.59. The lowest BCUT2D eigenvalue weighted by atomic mass is 10.2. The van der Waals surface area contributed by atoms with E-state index in [0.717, 1.165) is 0 Å². The Hall–Kier alpha value is -1.56. The maximum atomic E-state index is 11.6. The summed E-state index contributed by atoms with van der Waals surface area (Å²) in [6.07, 6.45) is 0. The summed E-state index contributed by atoms with van der Waals surface area (Å²) < 4.78 is 28.4. The van der Waals surface area contributed by atoms with Gasteiger partial charge in [-0.2, -0.15) is 0 Å². The highest BCUT2D eigenvalue weighted by Crippen LogP contribution is 2.30. The van der Waals surface area contributed by atoms with Gasteiger partial charge in [0.25, 0.3) is 5.91 Å². The first-order chi connectivity index (χ1) is 7.53. The third-order valence-electron chi connectivity index (χ3n) is 2.33. The standard InChI is InChI=1S/C10H11NO4S/c1-2-16(13,14)7-3-4-8-9(5-7)15-6-10(12)11-8/h3-5H,2,6H2,1H3,(H,11,12). The van der Waals surface area contributed by atoms with E-state index in [-0.39, 0.29) is 23.2 Å². The molecule has 0 radical (unpaired) electrons. The van der Waals surface area contributed by atoms with Crippen LogP contribution in [0.2, 0.25) is 0 Å². The molecule has 16 heavy (non-hydrogen) atoms. The van der Waals surface area contributed by atoms with Crippen molar-refractivity contribution in [2.75, 3.05) is 17.7 Å². The van der Waals surface area contributed by atoms with Crippen LogP contribution in [-0.4, -0.2) is 26.7 Å². The second kappa shape index (κ2) is 3.79. The molecule has 1 heterocycles. The predicted molar refractivity (Wildman–Crippen MR) is 58.3 cm³/mol. The summed E-state index contributed by atoms with van der Waals surface area (Å²) in [6.45, 7) is 1.50. The Morgan fingerprint density at radius 1 is 1.44 bits per heavy atom. The third-order valence-corrected chi connectivity index (χ3v) is 4.06. The van der Waals surface area contributed by atoms with Crippen LogP contribution in [0.1, 0.15) is 6.92 Å². The number of carbonyl (C=O) groups excluding carboxylic acids is 1. The van der Waals surface area contributed by atoms with Gasteiger partial charge in [-0.05, 0) is 12.1 Å². The molecule has 0 aromatic heterocycles. The number of fused-ring (bicyclic) bond motifs is 1. The van der Waals surface area contributed by atoms with Crippen LogP contribution in [-0.2, 0) is 14.6 Å². The molecule has 0 unspecified atom stereocenters. The van der Waals surface area contributed by atoms with Gasteiger partial charge in [0.15, 0.2) is 16.4 Å². The van der Waals surface area contributed by atoms with Gasteiger partial charge in [-0.1, -0.05) is 6.92 Å². The van der Waals surface area contributed by atoms with Crippen LogP contribution in [0, 0.1) is 0 Å². The third kappa shape index (κ3) is 1.88. The number of hydrogen-bond acceptors (Lipinski definition) is 4. The van der Waals surface area contributed by atoms with Crippen LogP contribution in [0.3, 0.4) is 0 Å². The van der Waals surface area contributed by atoms with Crippen molar-refractivity contribution in [3.05, 3.63) is 18.2 Å². The zero-order valence-corrected chi connectivity index (χ0v) is 9.50. The summed E-state index contributed by atoms with van der Waals surface area (Å²) in [5.41, 5.74) is 0.506. The van der Waals surface area contributed by atoms with Crippen molar-refractivity contribution in [1.29, 1.82) is 0 Å². The van der Waals surface area contributed by atoms with Crippen LogP contribution in [0.4, 0.5) is 5.69 Å². The predicted octanol–water partition coefficient (Wildman–Crippen LogP) is 0.811. The molecule has 0 fully saturated rings. The molecule has 1 aromatic carbocycles. The van der Waals surface area contributed by atoms with E-state index in [1.165, 1.54) is 18.2 Å². The molecule has 0 bridgehead atoms. The van der Waals surface area contributed by atoms with Crippen molar-refractivity contribution in [2.45, 2.75) is 11.8 Å². The molecule has 1 aromatic rings. The molecule has 1 amide bonds. The highest BCUT2D eigenvalue weighted by Gasteiger charge is 2.19. The minimum absolute atomic E-state index is 0.0398. The van der Waals surface area contributed by atoms with E-state index in [2.05, 4.69) is 5.32 Å². The van der Waals surface area contributed by atoms with Gasteiger partial charge in [-0.25, -0.2) is 8.42 Å².